The number of fused-ring (bicyclic) bond motifs is 1. The second kappa shape index (κ2) is 9.05. The van der Waals surface area contributed by atoms with Crippen LogP contribution in [0.1, 0.15) is 56.4 Å². The van der Waals surface area contributed by atoms with Crippen LogP contribution in [0, 0.1) is 11.7 Å². The first-order chi connectivity index (χ1) is 16.4. The Morgan fingerprint density at radius 1 is 1.26 bits per heavy atom. The standard InChI is InChI=1S/C25H32FN3O6/c1-25(2,3)35-24(33)27(4)11-14-8-9-28(12-14)20-18(26)10-16-19(22(20)34-5)29(15-6-7-15)13-17(21(16)30)23(31)32/h10,13-15H,6-9,11-12H2,1-5H3,(H,31,32). The molecule has 1 saturated heterocycles. The van der Waals surface area contributed by atoms with Gasteiger partial charge in [-0.3, -0.25) is 4.79 Å². The van der Waals surface area contributed by atoms with E-state index >= 15 is 4.39 Å². The third kappa shape index (κ3) is 4.92. The molecule has 10 heteroatoms. The van der Waals surface area contributed by atoms with Gasteiger partial charge in [-0.2, -0.15) is 0 Å². The number of carbonyl (C=O) groups is 2. The Morgan fingerprint density at radius 3 is 2.51 bits per heavy atom. The summed E-state index contributed by atoms with van der Waals surface area (Å²) in [6.45, 7) is 6.93. The molecule has 1 N–H and O–H groups in total. The average molecular weight is 490 g/mol. The number of halogens is 1. The first-order valence-electron chi connectivity index (χ1n) is 11.8. The number of methoxy groups -OCH3 is 1. The molecular formula is C25H32FN3O6. The number of hydrogen-bond donors (Lipinski definition) is 1. The number of amides is 1. The number of hydrogen-bond acceptors (Lipinski definition) is 6. The van der Waals surface area contributed by atoms with Crippen molar-refractivity contribution in [2.75, 3.05) is 38.7 Å². The third-order valence-corrected chi connectivity index (χ3v) is 6.41. The fraction of sp³-hybridized carbons (Fsp3) is 0.560. The van der Waals surface area contributed by atoms with E-state index in [1.807, 2.05) is 25.7 Å². The maximum atomic E-state index is 15.5. The van der Waals surface area contributed by atoms with Gasteiger partial charge in [0.1, 0.15) is 16.9 Å². The van der Waals surface area contributed by atoms with Crippen LogP contribution >= 0.6 is 0 Å². The highest BCUT2D eigenvalue weighted by atomic mass is 19.1. The first-order valence-corrected chi connectivity index (χ1v) is 11.8. The van der Waals surface area contributed by atoms with Crippen molar-refractivity contribution in [2.24, 2.45) is 5.92 Å². The molecule has 2 heterocycles. The van der Waals surface area contributed by atoms with Gasteiger partial charge in [-0.1, -0.05) is 0 Å². The van der Waals surface area contributed by atoms with E-state index in [-0.39, 0.29) is 34.3 Å². The zero-order valence-corrected chi connectivity index (χ0v) is 20.8. The summed E-state index contributed by atoms with van der Waals surface area (Å²) in [6.07, 6.45) is 3.36. The molecule has 2 aliphatic rings. The van der Waals surface area contributed by atoms with E-state index in [0.29, 0.717) is 25.2 Å². The Kier molecular flexibility index (Phi) is 6.42. The second-order valence-corrected chi connectivity index (χ2v) is 10.4. The lowest BCUT2D eigenvalue weighted by molar-refractivity contribution is 0.0277. The number of carbonyl (C=O) groups excluding carboxylic acids is 1. The van der Waals surface area contributed by atoms with Crippen LogP contribution in [0.5, 0.6) is 5.75 Å². The molecule has 35 heavy (non-hydrogen) atoms. The number of aromatic carboxylic acids is 1. The van der Waals surface area contributed by atoms with E-state index in [9.17, 15) is 19.5 Å². The van der Waals surface area contributed by atoms with Gasteiger partial charge in [-0.05, 0) is 52.0 Å². The van der Waals surface area contributed by atoms with Crippen molar-refractivity contribution in [2.45, 2.75) is 51.7 Å². The lowest BCUT2D eigenvalue weighted by Crippen LogP contribution is -2.37. The van der Waals surface area contributed by atoms with E-state index in [2.05, 4.69) is 0 Å². The van der Waals surface area contributed by atoms with E-state index in [4.69, 9.17) is 9.47 Å². The Labute approximate surface area is 203 Å². The minimum atomic E-state index is -1.34. The normalized spacial score (nSPS) is 18.1. The van der Waals surface area contributed by atoms with Crippen LogP contribution in [0.4, 0.5) is 14.9 Å². The summed E-state index contributed by atoms with van der Waals surface area (Å²) in [4.78, 5) is 40.3. The number of ether oxygens (including phenoxy) is 2. The van der Waals surface area contributed by atoms with Crippen molar-refractivity contribution in [3.63, 3.8) is 0 Å². The first kappa shape index (κ1) is 24.8. The highest BCUT2D eigenvalue weighted by molar-refractivity contribution is 5.97. The van der Waals surface area contributed by atoms with Gasteiger partial charge in [0.2, 0.25) is 5.43 Å². The molecule has 0 bridgehead atoms. The summed E-state index contributed by atoms with van der Waals surface area (Å²) in [7, 11) is 3.11. The number of carboxylic acid groups (broad SMARTS) is 1. The summed E-state index contributed by atoms with van der Waals surface area (Å²) in [5.74, 6) is -1.67. The highest BCUT2D eigenvalue weighted by Gasteiger charge is 2.34. The highest BCUT2D eigenvalue weighted by Crippen LogP contribution is 2.44. The molecule has 1 aromatic heterocycles. The average Bonchev–Trinajstić information content (AvgIpc) is 3.51. The summed E-state index contributed by atoms with van der Waals surface area (Å²) < 4.78 is 28.3. The zero-order chi connectivity index (χ0) is 25.7. The summed E-state index contributed by atoms with van der Waals surface area (Å²) in [5, 5.41) is 9.49. The zero-order valence-electron chi connectivity index (χ0n) is 20.8. The molecule has 1 aliphatic carbocycles. The summed E-state index contributed by atoms with van der Waals surface area (Å²) in [5.41, 5.74) is -1.04. The summed E-state index contributed by atoms with van der Waals surface area (Å²) in [6, 6.07) is 1.17. The third-order valence-electron chi connectivity index (χ3n) is 6.41. The fourth-order valence-electron chi connectivity index (χ4n) is 4.71. The van der Waals surface area contributed by atoms with Crippen LogP contribution in [0.2, 0.25) is 0 Å². The van der Waals surface area contributed by atoms with Crippen molar-refractivity contribution in [1.29, 1.82) is 0 Å². The van der Waals surface area contributed by atoms with Crippen molar-refractivity contribution in [1.82, 2.24) is 9.47 Å². The van der Waals surface area contributed by atoms with Crippen molar-refractivity contribution in [3.05, 3.63) is 33.9 Å². The molecule has 1 saturated carbocycles. The van der Waals surface area contributed by atoms with Crippen LogP contribution in [-0.4, -0.2) is 66.0 Å². The molecule has 1 unspecified atom stereocenters. The number of rotatable bonds is 6. The van der Waals surface area contributed by atoms with Gasteiger partial charge in [0.25, 0.3) is 0 Å². The van der Waals surface area contributed by atoms with Crippen LogP contribution in [0.15, 0.2) is 17.1 Å². The van der Waals surface area contributed by atoms with Gasteiger partial charge in [-0.15, -0.1) is 0 Å². The number of anilines is 1. The number of benzene rings is 1. The van der Waals surface area contributed by atoms with E-state index < -0.39 is 28.9 Å². The van der Waals surface area contributed by atoms with E-state index in [1.54, 1.807) is 11.6 Å². The Bertz CT molecular complexity index is 1230. The van der Waals surface area contributed by atoms with Gasteiger partial charge in [0.15, 0.2) is 11.6 Å². The van der Waals surface area contributed by atoms with Gasteiger partial charge < -0.3 is 28.9 Å². The Hall–Kier alpha value is -3.30. The molecule has 2 aromatic rings. The molecule has 4 rings (SSSR count). The smallest absolute Gasteiger partial charge is 0.410 e. The van der Waals surface area contributed by atoms with Crippen molar-refractivity contribution < 1.29 is 28.6 Å². The molecular weight excluding hydrogens is 457 g/mol. The number of pyridine rings is 1. The Balaban J connectivity index is 1.68. The van der Waals surface area contributed by atoms with Gasteiger partial charge in [0, 0.05) is 38.9 Å². The monoisotopic (exact) mass is 489 g/mol. The van der Waals surface area contributed by atoms with E-state index in [1.165, 1.54) is 18.2 Å². The van der Waals surface area contributed by atoms with Crippen LogP contribution < -0.4 is 15.1 Å². The molecule has 0 spiro atoms. The predicted molar refractivity (Wildman–Crippen MR) is 129 cm³/mol. The largest absolute Gasteiger partial charge is 0.492 e. The van der Waals surface area contributed by atoms with Crippen LogP contribution in [0.3, 0.4) is 0 Å². The predicted octanol–water partition coefficient (Wildman–Crippen LogP) is 3.88. The Morgan fingerprint density at radius 2 is 1.94 bits per heavy atom. The maximum Gasteiger partial charge on any atom is 0.410 e. The molecule has 0 radical (unpaired) electrons. The van der Waals surface area contributed by atoms with Crippen molar-refractivity contribution >= 4 is 28.7 Å². The second-order valence-electron chi connectivity index (χ2n) is 10.4. The number of aromatic nitrogens is 1. The SMILES string of the molecule is COc1c(N2CCC(CN(C)C(=O)OC(C)(C)C)C2)c(F)cc2c(=O)c(C(=O)O)cn(C3CC3)c12. The minimum absolute atomic E-state index is 0.00435. The van der Waals surface area contributed by atoms with Crippen LogP contribution in [0.25, 0.3) is 10.9 Å². The van der Waals surface area contributed by atoms with Gasteiger partial charge in [-0.25, -0.2) is 14.0 Å². The van der Waals surface area contributed by atoms with Gasteiger partial charge >= 0.3 is 12.1 Å². The van der Waals surface area contributed by atoms with Crippen molar-refractivity contribution in [3.8, 4) is 5.75 Å². The molecule has 1 aromatic carbocycles. The molecule has 1 amide bonds. The molecule has 9 nitrogen and oxygen atoms in total. The maximum absolute atomic E-state index is 15.5. The molecule has 1 aliphatic heterocycles. The lowest BCUT2D eigenvalue weighted by Gasteiger charge is -2.27. The number of carboxylic acids is 1. The molecule has 190 valence electrons. The quantitative estimate of drug-likeness (QED) is 0.657. The van der Waals surface area contributed by atoms with Crippen LogP contribution in [-0.2, 0) is 4.74 Å². The number of nitrogens with zero attached hydrogens (tertiary/aromatic N) is 3. The minimum Gasteiger partial charge on any atom is -0.492 e. The fourth-order valence-corrected chi connectivity index (χ4v) is 4.71. The summed E-state index contributed by atoms with van der Waals surface area (Å²) >= 11 is 0. The lowest BCUT2D eigenvalue weighted by atomic mass is 10.1. The molecule has 1 atom stereocenters. The topological polar surface area (TPSA) is 101 Å². The van der Waals surface area contributed by atoms with E-state index in [0.717, 1.165) is 25.3 Å². The molecule has 2 fully saturated rings. The van der Waals surface area contributed by atoms with Gasteiger partial charge in [0.05, 0.1) is 18.0 Å².